The lowest BCUT2D eigenvalue weighted by atomic mass is 9.76. The molecule has 0 bridgehead atoms. The number of benzene rings is 2. The number of ether oxygens (including phenoxy) is 1. The topological polar surface area (TPSA) is 169 Å². The van der Waals surface area contributed by atoms with Crippen LogP contribution in [0.15, 0.2) is 60.8 Å². The van der Waals surface area contributed by atoms with Crippen molar-refractivity contribution in [1.29, 1.82) is 0 Å². The number of nitrogens with one attached hydrogen (secondary N) is 1. The summed E-state index contributed by atoms with van der Waals surface area (Å²) in [5, 5.41) is 25.9. The van der Waals surface area contributed by atoms with Gasteiger partial charge in [0.05, 0.1) is 11.4 Å². The van der Waals surface area contributed by atoms with E-state index >= 15 is 13.2 Å². The molecule has 4 aromatic rings. The second-order valence-electron chi connectivity index (χ2n) is 12.7. The smallest absolute Gasteiger partial charge is 0.429 e. The first-order valence-corrected chi connectivity index (χ1v) is 15.9. The molecule has 2 aliphatic heterocycles. The minimum absolute atomic E-state index is 0.0823. The van der Waals surface area contributed by atoms with Gasteiger partial charge in [0.15, 0.2) is 0 Å². The monoisotopic (exact) mass is 679 g/mol. The molecule has 4 heterocycles. The number of hydrogen-bond acceptors (Lipinski definition) is 9. The fourth-order valence-corrected chi connectivity index (χ4v) is 6.62. The lowest BCUT2D eigenvalue weighted by molar-refractivity contribution is -0.198. The summed E-state index contributed by atoms with van der Waals surface area (Å²) < 4.78 is 52.2. The van der Waals surface area contributed by atoms with Crippen LogP contribution in [-0.2, 0) is 16.0 Å². The molecule has 2 aliphatic rings. The van der Waals surface area contributed by atoms with Gasteiger partial charge in [0.2, 0.25) is 17.9 Å². The van der Waals surface area contributed by atoms with Crippen molar-refractivity contribution in [3.63, 3.8) is 0 Å². The number of nitrogens with zero attached hydrogens (tertiary/aromatic N) is 5. The highest BCUT2D eigenvalue weighted by Crippen LogP contribution is 2.43. The van der Waals surface area contributed by atoms with Crippen LogP contribution in [-0.4, -0.2) is 73.8 Å². The summed E-state index contributed by atoms with van der Waals surface area (Å²) in [5.74, 6) is -2.13. The number of carbonyl (C=O) groups is 2. The molecule has 1 spiro atoms. The van der Waals surface area contributed by atoms with Gasteiger partial charge in [0.25, 0.3) is 0 Å². The predicted octanol–water partition coefficient (Wildman–Crippen LogP) is 4.95. The zero-order valence-electron chi connectivity index (χ0n) is 26.7. The number of aliphatic carboxylic acids is 2. The highest BCUT2D eigenvalue weighted by Gasteiger charge is 2.46. The van der Waals surface area contributed by atoms with Gasteiger partial charge in [-0.3, -0.25) is 9.59 Å². The molecule has 0 radical (unpaired) electrons. The van der Waals surface area contributed by atoms with Crippen molar-refractivity contribution in [2.24, 2.45) is 5.41 Å². The number of hydrogen-bond donors (Lipinski definition) is 4. The SMILES string of the molecule is Cc1ccn(-c2ccc(-c3cccc(CCC(=O)O)c3)cc2[C@@H](Oc2cc(N3CCC4(CC3)CNC(C(=O)O)C4)nc(N)n2)C(F)(F)F)n1. The van der Waals surface area contributed by atoms with E-state index in [1.165, 1.54) is 16.8 Å². The van der Waals surface area contributed by atoms with Crippen molar-refractivity contribution in [1.82, 2.24) is 25.1 Å². The van der Waals surface area contributed by atoms with Gasteiger partial charge in [-0.25, -0.2) is 4.68 Å². The predicted molar refractivity (Wildman–Crippen MR) is 173 cm³/mol. The number of carboxylic acid groups (broad SMARTS) is 2. The molecular weight excluding hydrogens is 643 g/mol. The molecule has 2 fully saturated rings. The van der Waals surface area contributed by atoms with E-state index < -0.39 is 30.3 Å². The van der Waals surface area contributed by atoms with Gasteiger partial charge in [0, 0.05) is 43.9 Å². The summed E-state index contributed by atoms with van der Waals surface area (Å²) in [6.07, 6.45) is -3.77. The zero-order chi connectivity index (χ0) is 34.9. The lowest BCUT2D eigenvalue weighted by Crippen LogP contribution is -2.41. The van der Waals surface area contributed by atoms with Gasteiger partial charge in [-0.15, -0.1) is 0 Å². The van der Waals surface area contributed by atoms with Crippen molar-refractivity contribution in [3.8, 4) is 22.7 Å². The third kappa shape index (κ3) is 7.61. The summed E-state index contributed by atoms with van der Waals surface area (Å²) in [5.41, 5.74) is 8.16. The Kier molecular flexibility index (Phi) is 9.20. The number of aromatic nitrogens is 4. The Morgan fingerprint density at radius 1 is 1.08 bits per heavy atom. The molecule has 258 valence electrons. The first-order chi connectivity index (χ1) is 23.3. The molecule has 1 unspecified atom stereocenters. The van der Waals surface area contributed by atoms with Crippen molar-refractivity contribution < 1.29 is 37.7 Å². The van der Waals surface area contributed by atoms with Crippen molar-refractivity contribution in [2.75, 3.05) is 30.3 Å². The summed E-state index contributed by atoms with van der Waals surface area (Å²) in [6, 6.07) is 14.0. The first kappa shape index (κ1) is 33.7. The quantitative estimate of drug-likeness (QED) is 0.179. The largest absolute Gasteiger partial charge is 0.481 e. The molecule has 49 heavy (non-hydrogen) atoms. The summed E-state index contributed by atoms with van der Waals surface area (Å²) in [4.78, 5) is 32.8. The molecule has 15 heteroatoms. The molecule has 2 saturated heterocycles. The molecule has 5 N–H and O–H groups in total. The zero-order valence-corrected chi connectivity index (χ0v) is 26.7. The van der Waals surface area contributed by atoms with Gasteiger partial charge in [-0.05, 0) is 72.9 Å². The van der Waals surface area contributed by atoms with Crippen LogP contribution in [0.1, 0.15) is 48.6 Å². The average molecular weight is 680 g/mol. The van der Waals surface area contributed by atoms with E-state index in [0.29, 0.717) is 61.5 Å². The van der Waals surface area contributed by atoms with E-state index in [-0.39, 0.29) is 41.3 Å². The van der Waals surface area contributed by atoms with E-state index in [9.17, 15) is 14.7 Å². The average Bonchev–Trinajstić information content (AvgIpc) is 3.68. The molecule has 0 saturated carbocycles. The Balaban J connectivity index is 1.32. The van der Waals surface area contributed by atoms with E-state index in [1.807, 2.05) is 4.90 Å². The highest BCUT2D eigenvalue weighted by molar-refractivity contribution is 5.74. The maximum atomic E-state index is 15.0. The van der Waals surface area contributed by atoms with E-state index in [0.717, 1.165) is 5.56 Å². The van der Waals surface area contributed by atoms with Crippen LogP contribution >= 0.6 is 0 Å². The Morgan fingerprint density at radius 2 is 1.84 bits per heavy atom. The number of piperidine rings is 1. The van der Waals surface area contributed by atoms with Crippen molar-refractivity contribution in [2.45, 2.75) is 57.3 Å². The molecule has 2 atom stereocenters. The fourth-order valence-electron chi connectivity index (χ4n) is 6.62. The minimum atomic E-state index is -4.90. The third-order valence-corrected chi connectivity index (χ3v) is 9.22. The van der Waals surface area contributed by atoms with E-state index in [4.69, 9.17) is 15.6 Å². The molecular formula is C34H36F3N7O5. The van der Waals surface area contributed by atoms with Crippen LogP contribution in [0.2, 0.25) is 0 Å². The van der Waals surface area contributed by atoms with Gasteiger partial charge in [0.1, 0.15) is 11.9 Å². The van der Waals surface area contributed by atoms with Crippen LogP contribution < -0.4 is 20.7 Å². The number of anilines is 2. The number of aryl methyl sites for hydroxylation is 2. The Morgan fingerprint density at radius 3 is 2.49 bits per heavy atom. The number of alkyl halides is 3. The maximum Gasteiger partial charge on any atom is 0.429 e. The maximum absolute atomic E-state index is 15.0. The van der Waals surface area contributed by atoms with E-state index in [1.54, 1.807) is 55.6 Å². The van der Waals surface area contributed by atoms with Gasteiger partial charge in [-0.1, -0.05) is 30.3 Å². The van der Waals surface area contributed by atoms with Crippen LogP contribution in [0.4, 0.5) is 24.9 Å². The number of halogens is 3. The summed E-state index contributed by atoms with van der Waals surface area (Å²) in [7, 11) is 0. The summed E-state index contributed by atoms with van der Waals surface area (Å²) >= 11 is 0. The molecule has 2 aromatic heterocycles. The number of nitrogens with two attached hydrogens (primary N) is 1. The normalized spacial score (nSPS) is 18.0. The lowest BCUT2D eigenvalue weighted by Gasteiger charge is -2.39. The Labute approximate surface area is 279 Å². The molecule has 2 aromatic carbocycles. The van der Waals surface area contributed by atoms with Crippen LogP contribution in [0.25, 0.3) is 16.8 Å². The minimum Gasteiger partial charge on any atom is -0.481 e. The molecule has 6 rings (SSSR count). The number of rotatable bonds is 10. The van der Waals surface area contributed by atoms with Gasteiger partial charge < -0.3 is 30.9 Å². The Hall–Kier alpha value is -5.18. The first-order valence-electron chi connectivity index (χ1n) is 15.9. The van der Waals surface area contributed by atoms with Gasteiger partial charge in [-0.2, -0.15) is 28.2 Å². The van der Waals surface area contributed by atoms with Gasteiger partial charge >= 0.3 is 18.1 Å². The second-order valence-corrected chi connectivity index (χ2v) is 12.7. The standard InChI is InChI=1S/C34H36F3N7O5/c1-20-9-12-44(42-20)26-7-6-23(22-4-2-3-21(15-22)5-8-29(45)46)16-24(26)30(34(35,36)37)49-28-17-27(40-32(38)41-28)43-13-10-33(11-14-43)18-25(31(47)48)39-19-33/h2-4,6-7,9,12,15-17,25,30,39H,5,8,10-11,13-14,18-19H2,1H3,(H,45,46)(H,47,48)(H2,38,40,41)/t25?,30-/m1/s1. The number of nitrogen functional groups attached to an aromatic ring is 1. The highest BCUT2D eigenvalue weighted by atomic mass is 19.4. The van der Waals surface area contributed by atoms with Crippen LogP contribution in [0.3, 0.4) is 0 Å². The van der Waals surface area contributed by atoms with Crippen LogP contribution in [0.5, 0.6) is 5.88 Å². The van der Waals surface area contributed by atoms with Crippen molar-refractivity contribution in [3.05, 3.63) is 77.6 Å². The van der Waals surface area contributed by atoms with E-state index in [2.05, 4.69) is 20.4 Å². The molecule has 0 amide bonds. The second kappa shape index (κ2) is 13.4. The Bertz CT molecular complexity index is 1860. The molecule has 0 aliphatic carbocycles. The molecule has 12 nitrogen and oxygen atoms in total. The summed E-state index contributed by atoms with van der Waals surface area (Å²) in [6.45, 7) is 3.31. The fraction of sp³-hybridized carbons (Fsp3) is 0.382. The third-order valence-electron chi connectivity index (χ3n) is 9.22. The number of carboxylic acids is 2. The van der Waals surface area contributed by atoms with Crippen LogP contribution in [0, 0.1) is 12.3 Å². The van der Waals surface area contributed by atoms with Crippen molar-refractivity contribution >= 4 is 23.7 Å².